The average Bonchev–Trinajstić information content (AvgIpc) is 2.68. The molecule has 0 saturated carbocycles. The number of hydrogen-bond acceptors (Lipinski definition) is 2. The van der Waals surface area contributed by atoms with Crippen LogP contribution in [-0.4, -0.2) is 11.8 Å². The van der Waals surface area contributed by atoms with Gasteiger partial charge in [-0.05, 0) is 24.0 Å². The second-order valence-electron chi connectivity index (χ2n) is 4.25. The van der Waals surface area contributed by atoms with Gasteiger partial charge in [0, 0.05) is 12.8 Å². The molecule has 1 fully saturated rings. The van der Waals surface area contributed by atoms with Crippen molar-refractivity contribution in [3.8, 4) is 0 Å². The first-order valence-corrected chi connectivity index (χ1v) is 6.15. The predicted molar refractivity (Wildman–Crippen MR) is 66.9 cm³/mol. The van der Waals surface area contributed by atoms with Gasteiger partial charge < -0.3 is 0 Å². The Morgan fingerprint density at radius 2 is 1.47 bits per heavy atom. The van der Waals surface area contributed by atoms with E-state index < -0.39 is 0 Å². The van der Waals surface area contributed by atoms with Gasteiger partial charge in [0.05, 0.1) is 5.69 Å². The van der Waals surface area contributed by atoms with Crippen LogP contribution in [0.4, 0.5) is 5.69 Å². The fraction of sp³-hybridized carbons (Fsp3) is 0.429. The third-order valence-electron chi connectivity index (χ3n) is 3.24. The number of carbonyl (C=O) groups excluding carboxylic acids is 2. The van der Waals surface area contributed by atoms with E-state index in [9.17, 15) is 9.59 Å². The number of carbonyl (C=O) groups is 2. The van der Waals surface area contributed by atoms with Crippen molar-refractivity contribution in [1.82, 2.24) is 0 Å². The fourth-order valence-electron chi connectivity index (χ4n) is 2.33. The van der Waals surface area contributed by atoms with Crippen molar-refractivity contribution in [3.63, 3.8) is 0 Å². The van der Waals surface area contributed by atoms with Gasteiger partial charge in [0.15, 0.2) is 0 Å². The van der Waals surface area contributed by atoms with Crippen LogP contribution >= 0.6 is 0 Å². The molecule has 0 unspecified atom stereocenters. The monoisotopic (exact) mass is 231 g/mol. The number of anilines is 1. The van der Waals surface area contributed by atoms with Crippen LogP contribution in [0.5, 0.6) is 0 Å². The Morgan fingerprint density at radius 3 is 1.88 bits per heavy atom. The first-order chi connectivity index (χ1) is 8.19. The third-order valence-corrected chi connectivity index (χ3v) is 3.24. The molecule has 3 nitrogen and oxygen atoms in total. The minimum atomic E-state index is -0.0643. The minimum absolute atomic E-state index is 0.0643. The van der Waals surface area contributed by atoms with Crippen LogP contribution in [0, 0.1) is 0 Å². The highest BCUT2D eigenvalue weighted by Crippen LogP contribution is 2.30. The van der Waals surface area contributed by atoms with Crippen LogP contribution in [0.1, 0.15) is 37.8 Å². The molecule has 0 atom stereocenters. The number of imide groups is 1. The number of hydrogen-bond donors (Lipinski definition) is 0. The summed E-state index contributed by atoms with van der Waals surface area (Å²) in [5, 5.41) is 0. The van der Waals surface area contributed by atoms with Gasteiger partial charge in [-0.3, -0.25) is 9.59 Å². The summed E-state index contributed by atoms with van der Waals surface area (Å²) < 4.78 is 0. The SMILES string of the molecule is CCc1cccc(CC)c1N1C(=O)CCC1=O. The topological polar surface area (TPSA) is 37.4 Å². The molecule has 1 aliphatic rings. The van der Waals surface area contributed by atoms with E-state index >= 15 is 0 Å². The fourth-order valence-corrected chi connectivity index (χ4v) is 2.33. The molecule has 1 aromatic carbocycles. The molecule has 3 heteroatoms. The Labute approximate surface area is 101 Å². The molecule has 0 spiro atoms. The average molecular weight is 231 g/mol. The van der Waals surface area contributed by atoms with Crippen LogP contribution in [0.3, 0.4) is 0 Å². The summed E-state index contributed by atoms with van der Waals surface area (Å²) in [4.78, 5) is 25.0. The van der Waals surface area contributed by atoms with E-state index in [-0.39, 0.29) is 11.8 Å². The lowest BCUT2D eigenvalue weighted by atomic mass is 10.0. The number of aryl methyl sites for hydroxylation is 2. The summed E-state index contributed by atoms with van der Waals surface area (Å²) in [5.41, 5.74) is 2.99. The Balaban J connectivity index is 2.56. The van der Waals surface area contributed by atoms with Crippen molar-refractivity contribution in [2.45, 2.75) is 39.5 Å². The van der Waals surface area contributed by atoms with Crippen molar-refractivity contribution >= 4 is 17.5 Å². The summed E-state index contributed by atoms with van der Waals surface area (Å²) in [5.74, 6) is -0.129. The van der Waals surface area contributed by atoms with Gasteiger partial charge in [0.1, 0.15) is 0 Å². The van der Waals surface area contributed by atoms with Gasteiger partial charge in [-0.1, -0.05) is 32.0 Å². The van der Waals surface area contributed by atoms with E-state index in [1.807, 2.05) is 32.0 Å². The zero-order chi connectivity index (χ0) is 12.4. The van der Waals surface area contributed by atoms with Gasteiger partial charge in [0.25, 0.3) is 0 Å². The van der Waals surface area contributed by atoms with Crippen LogP contribution in [0.25, 0.3) is 0 Å². The van der Waals surface area contributed by atoms with Crippen molar-refractivity contribution in [1.29, 1.82) is 0 Å². The summed E-state index contributed by atoms with van der Waals surface area (Å²) in [6.07, 6.45) is 2.36. The van der Waals surface area contributed by atoms with Gasteiger partial charge in [-0.2, -0.15) is 0 Å². The minimum Gasteiger partial charge on any atom is -0.274 e. The standard InChI is InChI=1S/C14H17NO2/c1-3-10-6-5-7-11(4-2)14(10)15-12(16)8-9-13(15)17/h5-7H,3-4,8-9H2,1-2H3. The van der Waals surface area contributed by atoms with E-state index in [4.69, 9.17) is 0 Å². The summed E-state index contributed by atoms with van der Waals surface area (Å²) >= 11 is 0. The molecule has 1 saturated heterocycles. The van der Waals surface area contributed by atoms with Crippen molar-refractivity contribution in [2.75, 3.05) is 4.90 Å². The molecule has 0 bridgehead atoms. The van der Waals surface area contributed by atoms with Crippen LogP contribution in [0.15, 0.2) is 18.2 Å². The Kier molecular flexibility index (Phi) is 3.27. The first kappa shape index (κ1) is 11.8. The van der Waals surface area contributed by atoms with E-state index in [1.165, 1.54) is 4.90 Å². The van der Waals surface area contributed by atoms with Crippen molar-refractivity contribution < 1.29 is 9.59 Å². The Hall–Kier alpha value is -1.64. The van der Waals surface area contributed by atoms with Crippen LogP contribution < -0.4 is 4.90 Å². The quantitative estimate of drug-likeness (QED) is 0.749. The maximum absolute atomic E-state index is 11.8. The summed E-state index contributed by atoms with van der Waals surface area (Å²) in [7, 11) is 0. The molecule has 1 heterocycles. The molecule has 2 rings (SSSR count). The third kappa shape index (κ3) is 1.97. The number of benzene rings is 1. The van der Waals surface area contributed by atoms with Crippen LogP contribution in [0.2, 0.25) is 0 Å². The molecule has 0 aliphatic carbocycles. The molecule has 0 N–H and O–H groups in total. The molecular weight excluding hydrogens is 214 g/mol. The predicted octanol–water partition coefficient (Wildman–Crippen LogP) is 2.46. The van der Waals surface area contributed by atoms with Crippen molar-refractivity contribution in [3.05, 3.63) is 29.3 Å². The number of nitrogens with zero attached hydrogens (tertiary/aromatic N) is 1. The highest BCUT2D eigenvalue weighted by atomic mass is 16.2. The van der Waals surface area contributed by atoms with E-state index in [1.54, 1.807) is 0 Å². The first-order valence-electron chi connectivity index (χ1n) is 6.15. The molecule has 17 heavy (non-hydrogen) atoms. The molecule has 1 aliphatic heterocycles. The Morgan fingerprint density at radius 1 is 1.00 bits per heavy atom. The zero-order valence-corrected chi connectivity index (χ0v) is 10.3. The van der Waals surface area contributed by atoms with Gasteiger partial charge in [-0.25, -0.2) is 4.90 Å². The number of para-hydroxylation sites is 1. The van der Waals surface area contributed by atoms with Crippen LogP contribution in [-0.2, 0) is 22.4 Å². The number of rotatable bonds is 3. The lowest BCUT2D eigenvalue weighted by molar-refractivity contribution is -0.121. The van der Waals surface area contributed by atoms with Crippen molar-refractivity contribution in [2.24, 2.45) is 0 Å². The largest absolute Gasteiger partial charge is 0.274 e. The van der Waals surface area contributed by atoms with Gasteiger partial charge in [0.2, 0.25) is 11.8 Å². The molecule has 0 radical (unpaired) electrons. The molecule has 90 valence electrons. The lowest BCUT2D eigenvalue weighted by Crippen LogP contribution is -2.30. The summed E-state index contributed by atoms with van der Waals surface area (Å²) in [6, 6.07) is 5.98. The molecular formula is C14H17NO2. The van der Waals surface area contributed by atoms with E-state index in [2.05, 4.69) is 0 Å². The highest BCUT2D eigenvalue weighted by Gasteiger charge is 2.32. The van der Waals surface area contributed by atoms with Gasteiger partial charge in [-0.15, -0.1) is 0 Å². The molecule has 2 amide bonds. The zero-order valence-electron chi connectivity index (χ0n) is 10.3. The summed E-state index contributed by atoms with van der Waals surface area (Å²) in [6.45, 7) is 4.09. The molecule has 0 aromatic heterocycles. The second kappa shape index (κ2) is 4.70. The lowest BCUT2D eigenvalue weighted by Gasteiger charge is -2.21. The highest BCUT2D eigenvalue weighted by molar-refractivity contribution is 6.20. The smallest absolute Gasteiger partial charge is 0.234 e. The maximum atomic E-state index is 11.8. The second-order valence-corrected chi connectivity index (χ2v) is 4.25. The maximum Gasteiger partial charge on any atom is 0.234 e. The molecule has 1 aromatic rings. The van der Waals surface area contributed by atoms with Gasteiger partial charge >= 0.3 is 0 Å². The van der Waals surface area contributed by atoms with E-state index in [0.717, 1.165) is 29.7 Å². The Bertz CT molecular complexity index is 427. The normalized spacial score (nSPS) is 15.8. The number of amides is 2. The van der Waals surface area contributed by atoms with E-state index in [0.29, 0.717) is 12.8 Å².